The minimum atomic E-state index is -3.86. The van der Waals surface area contributed by atoms with Gasteiger partial charge in [-0.3, -0.25) is 0 Å². The van der Waals surface area contributed by atoms with Gasteiger partial charge in [0.1, 0.15) is 0 Å². The van der Waals surface area contributed by atoms with Crippen molar-refractivity contribution in [1.82, 2.24) is 4.72 Å². The average molecular weight is 308 g/mol. The van der Waals surface area contributed by atoms with Crippen molar-refractivity contribution in [2.75, 3.05) is 30.4 Å². The molecule has 0 aromatic heterocycles. The van der Waals surface area contributed by atoms with Gasteiger partial charge in [0, 0.05) is 17.9 Å². The molecule has 0 fully saturated rings. The van der Waals surface area contributed by atoms with Crippen LogP contribution in [0.2, 0.25) is 0 Å². The molecule has 108 valence electrons. The molecule has 0 spiro atoms. The minimum absolute atomic E-state index is 0.108. The van der Waals surface area contributed by atoms with Crippen LogP contribution < -0.4 is 20.9 Å². The maximum atomic E-state index is 11.2. The number of rotatable bonds is 6. The van der Waals surface area contributed by atoms with E-state index >= 15 is 0 Å². The first-order valence-electron chi connectivity index (χ1n) is 5.22. The minimum Gasteiger partial charge on any atom is -0.399 e. The van der Waals surface area contributed by atoms with Crippen LogP contribution in [0.5, 0.6) is 0 Å². The van der Waals surface area contributed by atoms with Crippen molar-refractivity contribution in [2.45, 2.75) is 4.90 Å². The van der Waals surface area contributed by atoms with Gasteiger partial charge < -0.3 is 11.1 Å². The van der Waals surface area contributed by atoms with Gasteiger partial charge in [-0.15, -0.1) is 0 Å². The topological polar surface area (TPSA) is 144 Å². The second-order valence-corrected chi connectivity index (χ2v) is 7.39. The number of anilines is 2. The van der Waals surface area contributed by atoms with Gasteiger partial charge in [-0.1, -0.05) is 0 Å². The van der Waals surface area contributed by atoms with E-state index in [9.17, 15) is 16.8 Å². The van der Waals surface area contributed by atoms with Crippen LogP contribution >= 0.6 is 0 Å². The van der Waals surface area contributed by atoms with Crippen molar-refractivity contribution in [3.63, 3.8) is 0 Å². The van der Waals surface area contributed by atoms with Crippen molar-refractivity contribution in [3.8, 4) is 0 Å². The lowest BCUT2D eigenvalue weighted by atomic mass is 10.3. The zero-order valence-corrected chi connectivity index (χ0v) is 11.9. The summed E-state index contributed by atoms with van der Waals surface area (Å²) >= 11 is 0. The molecule has 0 aliphatic rings. The molecule has 19 heavy (non-hydrogen) atoms. The van der Waals surface area contributed by atoms with Crippen molar-refractivity contribution in [2.24, 2.45) is 5.14 Å². The van der Waals surface area contributed by atoms with E-state index in [2.05, 4.69) is 10.0 Å². The normalized spacial score (nSPS) is 12.3. The van der Waals surface area contributed by atoms with E-state index in [1.54, 1.807) is 0 Å². The fourth-order valence-electron chi connectivity index (χ4n) is 1.32. The van der Waals surface area contributed by atoms with Crippen LogP contribution in [0.4, 0.5) is 11.4 Å². The molecule has 0 amide bonds. The molecule has 0 unspecified atom stereocenters. The Morgan fingerprint density at radius 3 is 2.32 bits per heavy atom. The van der Waals surface area contributed by atoms with E-state index in [0.29, 0.717) is 5.69 Å². The van der Waals surface area contributed by atoms with Crippen molar-refractivity contribution < 1.29 is 16.8 Å². The Kier molecular flexibility index (Phi) is 4.74. The summed E-state index contributed by atoms with van der Waals surface area (Å²) in [4.78, 5) is -0.133. The molecule has 1 aromatic rings. The fraction of sp³-hybridized carbons (Fsp3) is 0.333. The highest BCUT2D eigenvalue weighted by Crippen LogP contribution is 2.19. The molecule has 0 aliphatic heterocycles. The molecule has 0 atom stereocenters. The smallest absolute Gasteiger partial charge is 0.238 e. The molecule has 0 aliphatic carbocycles. The summed E-state index contributed by atoms with van der Waals surface area (Å²) in [6.45, 7) is 0.108. The fourth-order valence-corrected chi connectivity index (χ4v) is 2.49. The van der Waals surface area contributed by atoms with Crippen LogP contribution in [0, 0.1) is 0 Å². The third-order valence-corrected chi connectivity index (χ3v) is 4.52. The Labute approximate surface area is 112 Å². The first kappa shape index (κ1) is 15.7. The summed E-state index contributed by atoms with van der Waals surface area (Å²) in [5.41, 5.74) is 6.15. The second-order valence-electron chi connectivity index (χ2n) is 3.79. The van der Waals surface area contributed by atoms with Crippen molar-refractivity contribution >= 4 is 31.4 Å². The summed E-state index contributed by atoms with van der Waals surface area (Å²) in [5.74, 6) is -0.150. The summed E-state index contributed by atoms with van der Waals surface area (Å²) in [5, 5.41) is 7.77. The van der Waals surface area contributed by atoms with E-state index in [-0.39, 0.29) is 22.9 Å². The van der Waals surface area contributed by atoms with Crippen LogP contribution in [0.3, 0.4) is 0 Å². The second kappa shape index (κ2) is 5.74. The van der Waals surface area contributed by atoms with E-state index in [0.717, 1.165) is 0 Å². The lowest BCUT2D eigenvalue weighted by molar-refractivity contribution is 0.588. The number of hydrogen-bond donors (Lipinski definition) is 4. The van der Waals surface area contributed by atoms with Gasteiger partial charge in [-0.25, -0.2) is 26.7 Å². The van der Waals surface area contributed by atoms with E-state index in [1.807, 2.05) is 0 Å². The largest absolute Gasteiger partial charge is 0.399 e. The molecule has 0 saturated carbocycles. The molecule has 6 N–H and O–H groups in total. The maximum Gasteiger partial charge on any atom is 0.238 e. The first-order valence-corrected chi connectivity index (χ1v) is 8.42. The summed E-state index contributed by atoms with van der Waals surface area (Å²) in [7, 11) is -5.87. The zero-order valence-electron chi connectivity index (χ0n) is 10.3. The van der Waals surface area contributed by atoms with Crippen LogP contribution in [0.25, 0.3) is 0 Å². The van der Waals surface area contributed by atoms with Crippen LogP contribution in [0.15, 0.2) is 23.1 Å². The Bertz CT molecular complexity index is 655. The standard InChI is InChI=1S/C9H16N4O4S2/c1-12-18(14,15)3-2-13-8-4-7(10)5-9(6-8)19(11,16)17/h4-6,12-13H,2-3,10H2,1H3,(H2,11,16,17). The monoisotopic (exact) mass is 308 g/mol. The number of primary sulfonamides is 1. The molecular formula is C9H16N4O4S2. The highest BCUT2D eigenvalue weighted by Gasteiger charge is 2.11. The summed E-state index contributed by atoms with van der Waals surface area (Å²) in [6, 6.07) is 4.00. The lowest BCUT2D eigenvalue weighted by Crippen LogP contribution is -2.26. The molecule has 0 radical (unpaired) electrons. The molecule has 1 aromatic carbocycles. The Hall–Kier alpha value is -1.36. The Morgan fingerprint density at radius 2 is 1.79 bits per heavy atom. The molecule has 0 saturated heterocycles. The third-order valence-electron chi connectivity index (χ3n) is 2.27. The first-order chi connectivity index (χ1) is 8.64. The van der Waals surface area contributed by atoms with E-state index in [4.69, 9.17) is 10.9 Å². The van der Waals surface area contributed by atoms with Crippen LogP contribution in [-0.2, 0) is 20.0 Å². The SMILES string of the molecule is CNS(=O)(=O)CCNc1cc(N)cc(S(N)(=O)=O)c1. The lowest BCUT2D eigenvalue weighted by Gasteiger charge is -2.09. The maximum absolute atomic E-state index is 11.2. The number of benzene rings is 1. The highest BCUT2D eigenvalue weighted by atomic mass is 32.2. The summed E-state index contributed by atoms with van der Waals surface area (Å²) < 4.78 is 47.0. The Morgan fingerprint density at radius 1 is 1.16 bits per heavy atom. The number of nitrogen functional groups attached to an aromatic ring is 1. The van der Waals surface area contributed by atoms with Gasteiger partial charge in [-0.2, -0.15) is 0 Å². The predicted octanol–water partition coefficient (Wildman–Crippen LogP) is -1.12. The predicted molar refractivity (Wildman–Crippen MR) is 73.6 cm³/mol. The Balaban J connectivity index is 2.83. The molecule has 0 heterocycles. The highest BCUT2D eigenvalue weighted by molar-refractivity contribution is 7.89. The molecular weight excluding hydrogens is 292 g/mol. The van der Waals surface area contributed by atoms with Gasteiger partial charge in [0.15, 0.2) is 0 Å². The van der Waals surface area contributed by atoms with Crippen molar-refractivity contribution in [3.05, 3.63) is 18.2 Å². The van der Waals surface area contributed by atoms with Crippen LogP contribution in [-0.4, -0.2) is 36.2 Å². The molecule has 8 nitrogen and oxygen atoms in total. The number of nitrogens with two attached hydrogens (primary N) is 2. The molecule has 1 rings (SSSR count). The quantitative estimate of drug-likeness (QED) is 0.490. The molecule has 10 heteroatoms. The van der Waals surface area contributed by atoms with Gasteiger partial charge in [-0.05, 0) is 25.2 Å². The van der Waals surface area contributed by atoms with Gasteiger partial charge in [0.25, 0.3) is 0 Å². The summed E-state index contributed by atoms with van der Waals surface area (Å²) in [6.07, 6.45) is 0. The number of hydrogen-bond acceptors (Lipinski definition) is 6. The number of sulfonamides is 2. The third kappa shape index (κ3) is 5.03. The van der Waals surface area contributed by atoms with Gasteiger partial charge in [0.2, 0.25) is 20.0 Å². The molecule has 0 bridgehead atoms. The zero-order chi connectivity index (χ0) is 14.7. The van der Waals surface area contributed by atoms with Gasteiger partial charge >= 0.3 is 0 Å². The number of nitrogens with one attached hydrogen (secondary N) is 2. The van der Waals surface area contributed by atoms with Gasteiger partial charge in [0.05, 0.1) is 10.6 Å². The van der Waals surface area contributed by atoms with E-state index in [1.165, 1.54) is 25.2 Å². The van der Waals surface area contributed by atoms with Crippen LogP contribution in [0.1, 0.15) is 0 Å². The van der Waals surface area contributed by atoms with E-state index < -0.39 is 20.0 Å². The average Bonchev–Trinajstić information content (AvgIpc) is 2.27. The van der Waals surface area contributed by atoms with Crippen molar-refractivity contribution in [1.29, 1.82) is 0 Å².